The molecule has 0 saturated heterocycles. The molecule has 26 heavy (non-hydrogen) atoms. The number of nitriles is 1. The molecule has 3 aromatic rings. The van der Waals surface area contributed by atoms with Crippen molar-refractivity contribution in [3.8, 4) is 6.07 Å². The maximum absolute atomic E-state index is 13.7. The van der Waals surface area contributed by atoms with Crippen molar-refractivity contribution < 1.29 is 13.6 Å². The van der Waals surface area contributed by atoms with Crippen molar-refractivity contribution in [1.82, 2.24) is 9.55 Å². The quantitative estimate of drug-likeness (QED) is 0.779. The lowest BCUT2D eigenvalue weighted by molar-refractivity contribution is 0.102. The topological polar surface area (TPSA) is 70.7 Å². The van der Waals surface area contributed by atoms with Crippen LogP contribution >= 0.6 is 0 Å². The number of anilines is 1. The van der Waals surface area contributed by atoms with Crippen molar-refractivity contribution in [3.05, 3.63) is 82.8 Å². The van der Waals surface area contributed by atoms with Crippen molar-refractivity contribution in [1.29, 1.82) is 5.26 Å². The van der Waals surface area contributed by atoms with E-state index in [1.165, 1.54) is 6.33 Å². The number of aryl methyl sites for hydroxylation is 1. The maximum atomic E-state index is 13.7. The Bertz CT molecular complexity index is 1020. The molecule has 0 bridgehead atoms. The number of benzene rings is 2. The number of hydrogen-bond donors (Lipinski definition) is 1. The predicted octanol–water partition coefficient (Wildman–Crippen LogP) is 3.64. The SMILES string of the molecule is Cc1ccccc1Cn1cnc(NC(=O)c2cc(F)ccc2F)c1C#N. The van der Waals surface area contributed by atoms with Gasteiger partial charge in [0.05, 0.1) is 18.4 Å². The van der Waals surface area contributed by atoms with Gasteiger partial charge >= 0.3 is 0 Å². The van der Waals surface area contributed by atoms with Gasteiger partial charge in [-0.15, -0.1) is 0 Å². The van der Waals surface area contributed by atoms with Gasteiger partial charge in [0, 0.05) is 0 Å². The van der Waals surface area contributed by atoms with Gasteiger partial charge in [-0.1, -0.05) is 24.3 Å². The molecule has 0 fully saturated rings. The third kappa shape index (κ3) is 3.44. The minimum atomic E-state index is -0.875. The third-order valence-corrected chi connectivity index (χ3v) is 3.95. The summed E-state index contributed by atoms with van der Waals surface area (Å²) in [6.07, 6.45) is 1.42. The molecule has 2 aromatic carbocycles. The Hall–Kier alpha value is -3.53. The number of halogens is 2. The number of amides is 1. The largest absolute Gasteiger partial charge is 0.316 e. The fourth-order valence-corrected chi connectivity index (χ4v) is 2.53. The van der Waals surface area contributed by atoms with Crippen LogP contribution in [0.2, 0.25) is 0 Å². The molecular weight excluding hydrogens is 338 g/mol. The van der Waals surface area contributed by atoms with Crippen molar-refractivity contribution in [2.24, 2.45) is 0 Å². The molecule has 0 aliphatic carbocycles. The van der Waals surface area contributed by atoms with Crippen LogP contribution in [0.5, 0.6) is 0 Å². The van der Waals surface area contributed by atoms with Gasteiger partial charge in [-0.05, 0) is 36.2 Å². The van der Waals surface area contributed by atoms with Gasteiger partial charge in [0.25, 0.3) is 5.91 Å². The van der Waals surface area contributed by atoms with Crippen molar-refractivity contribution in [2.45, 2.75) is 13.5 Å². The Morgan fingerprint density at radius 2 is 2.04 bits per heavy atom. The average molecular weight is 352 g/mol. The Morgan fingerprint density at radius 3 is 2.77 bits per heavy atom. The number of nitrogens with one attached hydrogen (secondary N) is 1. The zero-order valence-corrected chi connectivity index (χ0v) is 13.8. The van der Waals surface area contributed by atoms with E-state index < -0.39 is 23.1 Å². The molecule has 1 aromatic heterocycles. The Kier molecular flexibility index (Phi) is 4.76. The van der Waals surface area contributed by atoms with Crippen molar-refractivity contribution in [2.75, 3.05) is 5.32 Å². The van der Waals surface area contributed by atoms with E-state index in [9.17, 15) is 18.8 Å². The average Bonchev–Trinajstić information content (AvgIpc) is 3.00. The summed E-state index contributed by atoms with van der Waals surface area (Å²) < 4.78 is 28.6. The molecule has 0 aliphatic heterocycles. The lowest BCUT2D eigenvalue weighted by atomic mass is 10.1. The van der Waals surface area contributed by atoms with Gasteiger partial charge in [0.15, 0.2) is 11.5 Å². The molecule has 1 heterocycles. The van der Waals surface area contributed by atoms with Crippen molar-refractivity contribution >= 4 is 11.7 Å². The number of aromatic nitrogens is 2. The van der Waals surface area contributed by atoms with Gasteiger partial charge < -0.3 is 9.88 Å². The molecule has 7 heteroatoms. The van der Waals surface area contributed by atoms with E-state index in [4.69, 9.17) is 0 Å². The molecule has 0 spiro atoms. The fourth-order valence-electron chi connectivity index (χ4n) is 2.53. The van der Waals surface area contributed by atoms with Crippen LogP contribution in [0.15, 0.2) is 48.8 Å². The number of imidazole rings is 1. The molecule has 0 atom stereocenters. The standard InChI is InChI=1S/C19H14F2N4O/c1-12-4-2-3-5-13(12)10-25-11-23-18(17(25)9-22)24-19(26)15-8-14(20)6-7-16(15)21/h2-8,11H,10H2,1H3,(H,24,26). The molecule has 1 N–H and O–H groups in total. The lowest BCUT2D eigenvalue weighted by Crippen LogP contribution is -2.15. The van der Waals surface area contributed by atoms with Crippen LogP contribution < -0.4 is 5.32 Å². The number of nitrogens with zero attached hydrogens (tertiary/aromatic N) is 3. The van der Waals surface area contributed by atoms with Gasteiger partial charge in [-0.25, -0.2) is 13.8 Å². The third-order valence-electron chi connectivity index (χ3n) is 3.95. The van der Waals surface area contributed by atoms with Crippen LogP contribution in [-0.4, -0.2) is 15.5 Å². The summed E-state index contributed by atoms with van der Waals surface area (Å²) in [7, 11) is 0. The van der Waals surface area contributed by atoms with Gasteiger partial charge in [-0.2, -0.15) is 5.26 Å². The smallest absolute Gasteiger partial charge is 0.259 e. The first-order valence-corrected chi connectivity index (χ1v) is 7.75. The maximum Gasteiger partial charge on any atom is 0.259 e. The second-order valence-electron chi connectivity index (χ2n) is 5.69. The fraction of sp³-hybridized carbons (Fsp3) is 0.105. The summed E-state index contributed by atoms with van der Waals surface area (Å²) in [4.78, 5) is 16.2. The highest BCUT2D eigenvalue weighted by Gasteiger charge is 2.18. The van der Waals surface area contributed by atoms with Gasteiger partial charge in [0.2, 0.25) is 0 Å². The molecule has 1 amide bonds. The van der Waals surface area contributed by atoms with Crippen LogP contribution in [0, 0.1) is 29.9 Å². The van der Waals surface area contributed by atoms with E-state index in [2.05, 4.69) is 10.3 Å². The van der Waals surface area contributed by atoms with E-state index >= 15 is 0 Å². The van der Waals surface area contributed by atoms with Gasteiger partial charge in [0.1, 0.15) is 17.7 Å². The molecule has 0 radical (unpaired) electrons. The normalized spacial score (nSPS) is 10.4. The second kappa shape index (κ2) is 7.15. The lowest BCUT2D eigenvalue weighted by Gasteiger charge is -2.08. The van der Waals surface area contributed by atoms with Gasteiger partial charge in [-0.3, -0.25) is 4.79 Å². The summed E-state index contributed by atoms with van der Waals surface area (Å²) in [6, 6.07) is 12.2. The molecule has 0 aliphatic rings. The van der Waals surface area contributed by atoms with Crippen LogP contribution in [0.25, 0.3) is 0 Å². The first-order chi connectivity index (χ1) is 12.5. The van der Waals surface area contributed by atoms with Crippen LogP contribution in [0.1, 0.15) is 27.2 Å². The predicted molar refractivity (Wildman–Crippen MR) is 91.5 cm³/mol. The number of rotatable bonds is 4. The van der Waals surface area contributed by atoms with E-state index in [1.54, 1.807) is 4.57 Å². The molecule has 5 nitrogen and oxygen atoms in total. The summed E-state index contributed by atoms with van der Waals surface area (Å²) in [5.41, 5.74) is 1.72. The number of hydrogen-bond acceptors (Lipinski definition) is 3. The number of carbonyl (C=O) groups excluding carboxylic acids is 1. The zero-order valence-electron chi connectivity index (χ0n) is 13.8. The van der Waals surface area contributed by atoms with Crippen molar-refractivity contribution in [3.63, 3.8) is 0 Å². The molecule has 130 valence electrons. The second-order valence-corrected chi connectivity index (χ2v) is 5.69. The summed E-state index contributed by atoms with van der Waals surface area (Å²) in [6.45, 7) is 2.35. The van der Waals surface area contributed by atoms with Crippen LogP contribution in [-0.2, 0) is 6.54 Å². The Morgan fingerprint density at radius 1 is 1.27 bits per heavy atom. The summed E-state index contributed by atoms with van der Waals surface area (Å²) in [5.74, 6) is -2.47. The highest BCUT2D eigenvalue weighted by Crippen LogP contribution is 2.18. The monoisotopic (exact) mass is 352 g/mol. The minimum Gasteiger partial charge on any atom is -0.316 e. The first kappa shape index (κ1) is 17.3. The van der Waals surface area contributed by atoms with E-state index in [-0.39, 0.29) is 11.5 Å². The molecule has 3 rings (SSSR count). The first-order valence-electron chi connectivity index (χ1n) is 7.75. The Labute approximate surface area is 148 Å². The molecule has 0 saturated carbocycles. The molecule has 0 unspecified atom stereocenters. The van der Waals surface area contributed by atoms with E-state index in [1.807, 2.05) is 37.3 Å². The highest BCUT2D eigenvalue weighted by atomic mass is 19.1. The van der Waals surface area contributed by atoms with E-state index in [0.717, 1.165) is 29.3 Å². The summed E-state index contributed by atoms with van der Waals surface area (Å²) in [5, 5.41) is 11.8. The minimum absolute atomic E-state index is 0.00487. The highest BCUT2D eigenvalue weighted by molar-refractivity contribution is 6.04. The number of carbonyl (C=O) groups is 1. The molecular formula is C19H14F2N4O. The van der Waals surface area contributed by atoms with Crippen LogP contribution in [0.3, 0.4) is 0 Å². The van der Waals surface area contributed by atoms with Crippen LogP contribution in [0.4, 0.5) is 14.6 Å². The Balaban J connectivity index is 1.87. The summed E-state index contributed by atoms with van der Waals surface area (Å²) >= 11 is 0. The zero-order chi connectivity index (χ0) is 18.7. The van der Waals surface area contributed by atoms with E-state index in [0.29, 0.717) is 6.54 Å².